The highest BCUT2D eigenvalue weighted by molar-refractivity contribution is 7.11. The highest BCUT2D eigenvalue weighted by Gasteiger charge is 2.64. The molecule has 0 radical (unpaired) electrons. The van der Waals surface area contributed by atoms with Gasteiger partial charge in [-0.05, 0) is 201 Å². The summed E-state index contributed by atoms with van der Waals surface area (Å²) in [5, 5.41) is 21.2. The smallest absolute Gasteiger partial charge is 0.495 e. The predicted octanol–water partition coefficient (Wildman–Crippen LogP) is 14.4. The molecular formula is C61H83B3Cl3N7O9. The lowest BCUT2D eigenvalue weighted by atomic mass is 9.49. The van der Waals surface area contributed by atoms with Crippen LogP contribution in [0.25, 0.3) is 32.7 Å². The van der Waals surface area contributed by atoms with Crippen LogP contribution < -0.4 is 11.2 Å². The second kappa shape index (κ2) is 27.0. The van der Waals surface area contributed by atoms with Crippen LogP contribution in [0, 0.1) is 6.92 Å². The van der Waals surface area contributed by atoms with Crippen molar-refractivity contribution in [3.05, 3.63) is 124 Å². The van der Waals surface area contributed by atoms with E-state index in [-0.39, 0.29) is 53.2 Å². The van der Waals surface area contributed by atoms with Gasteiger partial charge in [-0.3, -0.25) is 5.10 Å². The maximum absolute atomic E-state index is 6.22. The molecule has 13 rings (SSSR count). The van der Waals surface area contributed by atoms with E-state index in [0.29, 0.717) is 0 Å². The molecule has 0 saturated carbocycles. The molecule has 3 aromatic heterocycles. The van der Waals surface area contributed by atoms with Gasteiger partial charge in [-0.1, -0.05) is 65.1 Å². The topological polar surface area (TPSA) is 173 Å². The van der Waals surface area contributed by atoms with E-state index in [1.54, 1.807) is 12.5 Å². The number of anilines is 1. The molecule has 16 nitrogen and oxygen atoms in total. The summed E-state index contributed by atoms with van der Waals surface area (Å²) in [4.78, 5) is 0. The summed E-state index contributed by atoms with van der Waals surface area (Å²) in [7, 11) is -1.32. The third-order valence-electron chi connectivity index (χ3n) is 16.9. The highest BCUT2D eigenvalue weighted by Crippen LogP contribution is 2.43. The molecule has 0 amide bonds. The Morgan fingerprint density at radius 2 is 1.01 bits per heavy atom. The van der Waals surface area contributed by atoms with Crippen LogP contribution in [-0.4, -0.2) is 104 Å². The number of halogens is 3. The molecule has 5 saturated heterocycles. The molecule has 0 bridgehead atoms. The Hall–Kier alpha value is -4.63. The van der Waals surface area contributed by atoms with Crippen LogP contribution in [0.2, 0.25) is 15.1 Å². The van der Waals surface area contributed by atoms with E-state index in [9.17, 15) is 0 Å². The Kier molecular flexibility index (Phi) is 20.9. The van der Waals surface area contributed by atoms with Gasteiger partial charge in [-0.15, -0.1) is 0 Å². The summed E-state index contributed by atoms with van der Waals surface area (Å²) in [6, 6.07) is 23.1. The number of ether oxygens (including phenoxy) is 3. The molecule has 9 heterocycles. The van der Waals surface area contributed by atoms with Crippen molar-refractivity contribution < 1.29 is 42.1 Å². The zero-order valence-corrected chi connectivity index (χ0v) is 52.9. The lowest BCUT2D eigenvalue weighted by molar-refractivity contribution is -0.0391. The molecule has 0 aliphatic carbocycles. The highest BCUT2D eigenvalue weighted by atomic mass is 35.5. The van der Waals surface area contributed by atoms with Crippen molar-refractivity contribution in [1.82, 2.24) is 29.8 Å². The minimum atomic E-state index is -0.476. The molecule has 7 aromatic rings. The van der Waals surface area contributed by atoms with Crippen molar-refractivity contribution in [1.29, 1.82) is 0 Å². The number of hydrogen-bond acceptors (Lipinski definition) is 13. The number of nitrogen functional groups attached to an aromatic ring is 1. The van der Waals surface area contributed by atoms with E-state index in [4.69, 9.17) is 87.8 Å². The molecule has 83 heavy (non-hydrogen) atoms. The number of nitrogens with zero attached hydrogens (tertiary/aromatic N) is 5. The first-order chi connectivity index (χ1) is 39.2. The maximum atomic E-state index is 6.22. The summed E-state index contributed by atoms with van der Waals surface area (Å²) < 4.78 is 56.6. The zero-order chi connectivity index (χ0) is 60.0. The van der Waals surface area contributed by atoms with E-state index in [1.807, 2.05) is 151 Å². The maximum Gasteiger partial charge on any atom is 0.495 e. The number of aromatic nitrogens is 6. The Morgan fingerprint density at radius 3 is 1.45 bits per heavy atom. The second-order valence-electron chi connectivity index (χ2n) is 24.6. The van der Waals surface area contributed by atoms with Gasteiger partial charge < -0.3 is 47.9 Å². The van der Waals surface area contributed by atoms with Gasteiger partial charge in [0.15, 0.2) is 0 Å². The third kappa shape index (κ3) is 15.5. The third-order valence-corrected chi connectivity index (χ3v) is 17.9. The van der Waals surface area contributed by atoms with E-state index in [1.165, 1.54) is 25.7 Å². The number of nitrogens with two attached hydrogens (primary N) is 1. The number of benzene rings is 4. The first-order valence-electron chi connectivity index (χ1n) is 29.0. The SMILES string of the molecule is C1=COCCC1.CC1(C)OB(B2OC(C)(C)C(C)(C)O2)OC1(C)C.CC1(C)OB(c2cccc3nn(C4CCCCO4)cc23)OC1(C)C.Cc1c(N)cccc1Cl.Clc1cccc2[nH]ncc12.Clc1cccc2nn(C3CCCCO3)cc12. The molecule has 2 atom stereocenters. The molecule has 2 unspecified atom stereocenters. The molecule has 22 heteroatoms. The summed E-state index contributed by atoms with van der Waals surface area (Å²) in [6.45, 7) is 29.0. The van der Waals surface area contributed by atoms with Crippen molar-refractivity contribution in [2.75, 3.05) is 25.6 Å². The normalized spacial score (nSPS) is 22.4. The monoisotopic (exact) mass is 1200 g/mol. The first-order valence-corrected chi connectivity index (χ1v) is 30.1. The average Bonchev–Trinajstić information content (AvgIpc) is 2.71. The van der Waals surface area contributed by atoms with Gasteiger partial charge in [-0.25, -0.2) is 9.36 Å². The van der Waals surface area contributed by atoms with Crippen molar-refractivity contribution in [2.24, 2.45) is 0 Å². The second-order valence-corrected chi connectivity index (χ2v) is 25.8. The zero-order valence-electron chi connectivity index (χ0n) is 50.6. The number of H-pyrrole nitrogens is 1. The number of fused-ring (bicyclic) bond motifs is 3. The van der Waals surface area contributed by atoms with Crippen molar-refractivity contribution in [3.8, 4) is 0 Å². The summed E-state index contributed by atoms with van der Waals surface area (Å²) in [6.07, 6.45) is 18.8. The minimum absolute atomic E-state index is 0.0392. The van der Waals surface area contributed by atoms with Crippen LogP contribution in [0.5, 0.6) is 0 Å². The van der Waals surface area contributed by atoms with Gasteiger partial charge in [0.25, 0.3) is 0 Å². The number of allylic oxidation sites excluding steroid dienone is 1. The standard InChI is InChI=1S/C18H25BN2O3.C12H24B2O4.C12H13ClN2O.C7H5ClN2.C7H8ClN.C5H8O/c1-17(2)18(3,4)24-19(23-17)14-8-7-9-15-13(14)12-21(20-15)16-10-5-6-11-22-16;1-9(2)10(3,4)16-13(15-9)14-17-11(5,6)12(7,8)18-14;13-10-4-3-5-11-9(10)8-15(14-11)12-6-1-2-7-16-12;8-6-2-1-3-7-5(6)4-9-10-7;1-5-6(8)3-2-4-7(5)9;1-2-4-6-5-3-1/h7-9,12,16H,5-6,10-11H2,1-4H3;1-8H3;3-5,8,12H,1-2,6-7H2;1-4H,(H,9,10);2-4H,9H2,1H3;2,4H,1,3,5H2. The van der Waals surface area contributed by atoms with E-state index >= 15 is 0 Å². The molecule has 446 valence electrons. The number of nitrogens with one attached hydrogen (secondary N) is 1. The molecule has 0 spiro atoms. The Bertz CT molecular complexity index is 3170. The molecule has 3 N–H and O–H groups in total. The molecule has 4 aromatic carbocycles. The van der Waals surface area contributed by atoms with Crippen LogP contribution in [0.15, 0.2) is 104 Å². The summed E-state index contributed by atoms with van der Waals surface area (Å²) >= 11 is 17.7. The van der Waals surface area contributed by atoms with E-state index in [0.717, 1.165) is 110 Å². The molecule has 6 aliphatic rings. The lowest BCUT2D eigenvalue weighted by Crippen LogP contribution is -2.41. The van der Waals surface area contributed by atoms with Crippen LogP contribution in [0.1, 0.15) is 152 Å². The molecule has 6 aliphatic heterocycles. The Morgan fingerprint density at radius 1 is 0.542 bits per heavy atom. The quantitative estimate of drug-likeness (QED) is 0.126. The van der Waals surface area contributed by atoms with Gasteiger partial charge in [-0.2, -0.15) is 15.3 Å². The van der Waals surface area contributed by atoms with Gasteiger partial charge in [0.2, 0.25) is 0 Å². The molecular weight excluding hydrogens is 1110 g/mol. The number of rotatable bonds is 4. The van der Waals surface area contributed by atoms with Gasteiger partial charge in [0.05, 0.1) is 79.3 Å². The number of hydrogen-bond donors (Lipinski definition) is 2. The largest absolute Gasteiger partial charge is 0.502 e. The number of aromatic amines is 1. The van der Waals surface area contributed by atoms with Crippen molar-refractivity contribution >= 4 is 99.8 Å². The molecule has 5 fully saturated rings. The van der Waals surface area contributed by atoms with E-state index in [2.05, 4.69) is 55.3 Å². The van der Waals surface area contributed by atoms with Gasteiger partial charge >= 0.3 is 21.1 Å². The van der Waals surface area contributed by atoms with Crippen molar-refractivity contribution in [2.45, 2.75) is 187 Å². The fraction of sp³-hybridized carbons (Fsp3) is 0.525. The van der Waals surface area contributed by atoms with E-state index < -0.39 is 14.0 Å². The van der Waals surface area contributed by atoms with Crippen LogP contribution in [-0.2, 0) is 42.1 Å². The lowest BCUT2D eigenvalue weighted by Gasteiger charge is -2.32. The van der Waals surface area contributed by atoms with Crippen LogP contribution >= 0.6 is 34.8 Å². The predicted molar refractivity (Wildman–Crippen MR) is 336 cm³/mol. The van der Waals surface area contributed by atoms with Gasteiger partial charge in [0, 0.05) is 52.5 Å². The van der Waals surface area contributed by atoms with Crippen LogP contribution in [0.4, 0.5) is 5.69 Å². The minimum Gasteiger partial charge on any atom is -0.502 e. The Labute approximate surface area is 506 Å². The first kappa shape index (κ1) is 64.4. The summed E-state index contributed by atoms with van der Waals surface area (Å²) in [5.74, 6) is 0. The Balaban J connectivity index is 0.000000137. The van der Waals surface area contributed by atoms with Gasteiger partial charge in [0.1, 0.15) is 12.5 Å². The average molecular weight is 1200 g/mol. The fourth-order valence-electron chi connectivity index (χ4n) is 9.49. The van der Waals surface area contributed by atoms with Crippen LogP contribution in [0.3, 0.4) is 0 Å². The fourth-order valence-corrected chi connectivity index (χ4v) is 10.1. The summed E-state index contributed by atoms with van der Waals surface area (Å²) in [5.41, 5.74) is 9.02. The van der Waals surface area contributed by atoms with Crippen molar-refractivity contribution in [3.63, 3.8) is 0 Å².